The van der Waals surface area contributed by atoms with Gasteiger partial charge in [-0.25, -0.2) is 0 Å². The second-order valence-electron chi connectivity index (χ2n) is 5.59. The third-order valence-corrected chi connectivity index (χ3v) is 5.84. The lowest BCUT2D eigenvalue weighted by Crippen LogP contribution is -2.46. The molecule has 1 aromatic rings. The Bertz CT molecular complexity index is 808. The van der Waals surface area contributed by atoms with Crippen molar-refractivity contribution in [3.63, 3.8) is 0 Å². The lowest BCUT2D eigenvalue weighted by atomic mass is 10.2. The van der Waals surface area contributed by atoms with E-state index in [-0.39, 0.29) is 23.1 Å². The van der Waals surface area contributed by atoms with Crippen LogP contribution in [0.15, 0.2) is 26.0 Å². The van der Waals surface area contributed by atoms with Gasteiger partial charge in [0.2, 0.25) is 5.91 Å². The molecule has 0 bridgehead atoms. The minimum absolute atomic E-state index is 0.0376. The highest BCUT2D eigenvalue weighted by Gasteiger charge is 2.37. The summed E-state index contributed by atoms with van der Waals surface area (Å²) >= 11 is 7.28. The number of hydrogen-bond acceptors (Lipinski definition) is 6. The summed E-state index contributed by atoms with van der Waals surface area (Å²) in [6.07, 6.45) is 1.44. The highest BCUT2D eigenvalue weighted by atomic mass is 79.9. The maximum Gasteiger partial charge on any atom is 0.294 e. The van der Waals surface area contributed by atoms with Crippen LogP contribution in [0.1, 0.15) is 5.56 Å². The number of aromatic hydroxyl groups is 1. The second-order valence-corrected chi connectivity index (χ2v) is 8.35. The minimum Gasteiger partial charge on any atom is -0.506 e. The molecule has 0 radical (unpaired) electrons. The number of thioether (sulfide) groups is 1. The Morgan fingerprint density at radius 2 is 1.96 bits per heavy atom. The van der Waals surface area contributed by atoms with Crippen molar-refractivity contribution in [3.8, 4) is 5.75 Å². The minimum atomic E-state index is -0.544. The maximum absolute atomic E-state index is 12.5. The number of carbonyl (C=O) groups is 3. The van der Waals surface area contributed by atoms with Crippen molar-refractivity contribution in [2.45, 2.75) is 0 Å². The first-order valence-corrected chi connectivity index (χ1v) is 10.1. The molecule has 0 saturated carbocycles. The normalized spacial score (nSPS) is 19.5. The average Bonchev–Trinajstić information content (AvgIpc) is 2.87. The van der Waals surface area contributed by atoms with Crippen molar-refractivity contribution in [3.05, 3.63) is 31.5 Å². The molecule has 2 saturated heterocycles. The average molecular weight is 506 g/mol. The van der Waals surface area contributed by atoms with Crippen molar-refractivity contribution in [1.29, 1.82) is 0 Å². The number of phenolic OH excluding ortho intramolecular Hbond substituents is 1. The van der Waals surface area contributed by atoms with Crippen LogP contribution in [-0.2, 0) is 14.3 Å². The molecule has 0 aromatic heterocycles. The molecule has 0 unspecified atom stereocenters. The van der Waals surface area contributed by atoms with Gasteiger partial charge in [0.15, 0.2) is 0 Å². The van der Waals surface area contributed by atoms with E-state index in [1.807, 2.05) is 0 Å². The highest BCUT2D eigenvalue weighted by molar-refractivity contribution is 9.11. The Balaban J connectivity index is 1.77. The third-order valence-electron chi connectivity index (χ3n) is 3.88. The van der Waals surface area contributed by atoms with E-state index >= 15 is 0 Å². The van der Waals surface area contributed by atoms with Crippen molar-refractivity contribution in [1.82, 2.24) is 9.80 Å². The summed E-state index contributed by atoms with van der Waals surface area (Å²) < 4.78 is 6.35. The lowest BCUT2D eigenvalue weighted by molar-refractivity contribution is -0.139. The molecule has 0 atom stereocenters. The van der Waals surface area contributed by atoms with Crippen LogP contribution in [0.5, 0.6) is 5.75 Å². The van der Waals surface area contributed by atoms with Crippen LogP contribution < -0.4 is 0 Å². The molecule has 0 spiro atoms. The zero-order valence-corrected chi connectivity index (χ0v) is 17.4. The Kier molecular flexibility index (Phi) is 6.06. The van der Waals surface area contributed by atoms with Crippen LogP contribution in [0, 0.1) is 0 Å². The predicted octanol–water partition coefficient (Wildman–Crippen LogP) is 2.81. The van der Waals surface area contributed by atoms with Crippen LogP contribution >= 0.6 is 43.6 Å². The van der Waals surface area contributed by atoms with Crippen molar-refractivity contribution >= 4 is 66.8 Å². The Morgan fingerprint density at radius 1 is 1.27 bits per heavy atom. The summed E-state index contributed by atoms with van der Waals surface area (Å²) in [6.45, 7) is 1.50. The van der Waals surface area contributed by atoms with E-state index in [0.29, 0.717) is 40.8 Å². The summed E-state index contributed by atoms with van der Waals surface area (Å²) in [5.41, 5.74) is 0.385. The molecular weight excluding hydrogens is 492 g/mol. The van der Waals surface area contributed by atoms with E-state index in [4.69, 9.17) is 4.74 Å². The molecule has 1 aromatic carbocycles. The quantitative estimate of drug-likeness (QED) is 0.635. The van der Waals surface area contributed by atoms with Crippen LogP contribution in [0.3, 0.4) is 0 Å². The SMILES string of the molecule is O=C(CN1C(=O)S/C(=C/c2cc(Br)cc(Br)c2O)C1=O)N1CCOCC1. The molecule has 138 valence electrons. The van der Waals surface area contributed by atoms with Gasteiger partial charge in [-0.3, -0.25) is 19.3 Å². The van der Waals surface area contributed by atoms with Gasteiger partial charge < -0.3 is 14.7 Å². The molecule has 1 N–H and O–H groups in total. The van der Waals surface area contributed by atoms with Gasteiger partial charge in [0.25, 0.3) is 11.1 Å². The maximum atomic E-state index is 12.5. The number of phenols is 1. The zero-order chi connectivity index (χ0) is 18.8. The third kappa shape index (κ3) is 4.13. The number of imide groups is 1. The molecule has 0 aliphatic carbocycles. The fourth-order valence-electron chi connectivity index (χ4n) is 2.52. The molecule has 10 heteroatoms. The molecule has 2 fully saturated rings. The van der Waals surface area contributed by atoms with E-state index in [9.17, 15) is 19.5 Å². The number of nitrogens with zero attached hydrogens (tertiary/aromatic N) is 2. The topological polar surface area (TPSA) is 87.2 Å². The second kappa shape index (κ2) is 8.12. The summed E-state index contributed by atoms with van der Waals surface area (Å²) in [5.74, 6) is -0.869. The van der Waals surface area contributed by atoms with Crippen molar-refractivity contribution in [2.75, 3.05) is 32.8 Å². The number of ether oxygens (including phenoxy) is 1. The van der Waals surface area contributed by atoms with E-state index in [0.717, 1.165) is 16.7 Å². The lowest BCUT2D eigenvalue weighted by Gasteiger charge is -2.28. The Morgan fingerprint density at radius 3 is 2.65 bits per heavy atom. The monoisotopic (exact) mass is 504 g/mol. The highest BCUT2D eigenvalue weighted by Crippen LogP contribution is 2.37. The molecule has 2 aliphatic heterocycles. The van der Waals surface area contributed by atoms with Gasteiger partial charge in [0.1, 0.15) is 12.3 Å². The van der Waals surface area contributed by atoms with Crippen molar-refractivity contribution in [2.24, 2.45) is 0 Å². The molecule has 7 nitrogen and oxygen atoms in total. The van der Waals surface area contributed by atoms with Gasteiger partial charge in [0.05, 0.1) is 22.6 Å². The Labute approximate surface area is 170 Å². The first-order chi connectivity index (χ1) is 12.4. The van der Waals surface area contributed by atoms with Gasteiger partial charge in [-0.15, -0.1) is 0 Å². The van der Waals surface area contributed by atoms with E-state index < -0.39 is 11.1 Å². The number of hydrogen-bond donors (Lipinski definition) is 1. The van der Waals surface area contributed by atoms with Gasteiger partial charge in [-0.2, -0.15) is 0 Å². The molecule has 3 rings (SSSR count). The molecule has 26 heavy (non-hydrogen) atoms. The number of halogens is 2. The van der Waals surface area contributed by atoms with Gasteiger partial charge in [0, 0.05) is 23.1 Å². The fraction of sp³-hybridized carbons (Fsp3) is 0.312. The molecule has 3 amide bonds. The Hall–Kier alpha value is -1.36. The standard InChI is InChI=1S/C16H14Br2N2O5S/c17-10-5-9(14(22)11(18)7-10)6-12-15(23)20(16(24)26-12)8-13(21)19-1-3-25-4-2-19/h5-7,22H,1-4,8H2/b12-6+. The number of benzene rings is 1. The van der Waals surface area contributed by atoms with Crippen LogP contribution in [-0.4, -0.2) is 64.8 Å². The number of carbonyl (C=O) groups excluding carboxylic acids is 3. The number of rotatable bonds is 3. The van der Waals surface area contributed by atoms with Crippen LogP contribution in [0.25, 0.3) is 6.08 Å². The summed E-state index contributed by atoms with van der Waals surface area (Å²) in [7, 11) is 0. The van der Waals surface area contributed by atoms with E-state index in [2.05, 4.69) is 31.9 Å². The van der Waals surface area contributed by atoms with Gasteiger partial charge in [-0.05, 0) is 45.9 Å². The van der Waals surface area contributed by atoms with Crippen LogP contribution in [0.2, 0.25) is 0 Å². The van der Waals surface area contributed by atoms with Crippen molar-refractivity contribution < 1.29 is 24.2 Å². The number of morpholine rings is 1. The molecule has 2 aliphatic rings. The summed E-state index contributed by atoms with van der Waals surface area (Å²) in [6, 6.07) is 3.30. The van der Waals surface area contributed by atoms with Crippen LogP contribution in [0.4, 0.5) is 4.79 Å². The smallest absolute Gasteiger partial charge is 0.294 e. The summed E-state index contributed by atoms with van der Waals surface area (Å²) in [5, 5.41) is 9.61. The van der Waals surface area contributed by atoms with E-state index in [1.54, 1.807) is 17.0 Å². The molecular formula is C16H14Br2N2O5S. The predicted molar refractivity (Wildman–Crippen MR) is 104 cm³/mol. The fourth-order valence-corrected chi connectivity index (χ4v) is 4.61. The van der Waals surface area contributed by atoms with Gasteiger partial charge in [-0.1, -0.05) is 15.9 Å². The van der Waals surface area contributed by atoms with Gasteiger partial charge >= 0.3 is 0 Å². The number of amides is 3. The first kappa shape index (κ1) is 19.4. The first-order valence-electron chi connectivity index (χ1n) is 7.65. The van der Waals surface area contributed by atoms with E-state index in [1.165, 1.54) is 6.08 Å². The largest absolute Gasteiger partial charge is 0.506 e. The zero-order valence-electron chi connectivity index (χ0n) is 13.4. The molecule has 2 heterocycles. The summed E-state index contributed by atoms with van der Waals surface area (Å²) in [4.78, 5) is 39.7.